The van der Waals surface area contributed by atoms with Crippen molar-refractivity contribution in [2.24, 2.45) is 0 Å². The van der Waals surface area contributed by atoms with E-state index in [1.54, 1.807) is 11.1 Å². The van der Waals surface area contributed by atoms with Crippen molar-refractivity contribution in [1.29, 1.82) is 0 Å². The van der Waals surface area contributed by atoms with Gasteiger partial charge in [0, 0.05) is 25.5 Å². The average Bonchev–Trinajstić information content (AvgIpc) is 2.82. The largest absolute Gasteiger partial charge is 0.372 e. The SMILES string of the molecule is O=C(c1cnccn1)N1CCOC(c2ccccc2)CC1. The molecule has 0 spiro atoms. The van der Waals surface area contributed by atoms with Crippen LogP contribution in [0.5, 0.6) is 0 Å². The van der Waals surface area contributed by atoms with Gasteiger partial charge in [-0.2, -0.15) is 0 Å². The molecule has 1 fully saturated rings. The van der Waals surface area contributed by atoms with Crippen LogP contribution in [-0.4, -0.2) is 40.5 Å². The van der Waals surface area contributed by atoms with Crippen molar-refractivity contribution in [3.05, 3.63) is 60.2 Å². The maximum Gasteiger partial charge on any atom is 0.274 e. The maximum absolute atomic E-state index is 12.4. The predicted octanol–water partition coefficient (Wildman–Crippen LogP) is 2.08. The summed E-state index contributed by atoms with van der Waals surface area (Å²) in [6.45, 7) is 1.78. The fraction of sp³-hybridized carbons (Fsp3) is 0.312. The van der Waals surface area contributed by atoms with Crippen molar-refractivity contribution in [3.63, 3.8) is 0 Å². The molecule has 1 aromatic carbocycles. The quantitative estimate of drug-likeness (QED) is 0.846. The van der Waals surface area contributed by atoms with Crippen LogP contribution in [0.1, 0.15) is 28.6 Å². The molecule has 1 aromatic heterocycles. The third kappa shape index (κ3) is 3.25. The number of nitrogens with zero attached hydrogens (tertiary/aromatic N) is 3. The molecule has 2 heterocycles. The highest BCUT2D eigenvalue weighted by atomic mass is 16.5. The van der Waals surface area contributed by atoms with E-state index in [1.807, 2.05) is 18.2 Å². The van der Waals surface area contributed by atoms with Crippen molar-refractivity contribution < 1.29 is 9.53 Å². The van der Waals surface area contributed by atoms with Gasteiger partial charge in [-0.1, -0.05) is 30.3 Å². The molecular formula is C16H17N3O2. The summed E-state index contributed by atoms with van der Waals surface area (Å²) in [5.74, 6) is -0.0830. The molecule has 1 aliphatic rings. The van der Waals surface area contributed by atoms with Gasteiger partial charge in [-0.25, -0.2) is 4.98 Å². The molecule has 3 rings (SSSR count). The Kier molecular flexibility index (Phi) is 4.21. The molecule has 1 unspecified atom stereocenters. The van der Waals surface area contributed by atoms with Crippen molar-refractivity contribution in [2.45, 2.75) is 12.5 Å². The molecule has 0 bridgehead atoms. The van der Waals surface area contributed by atoms with E-state index >= 15 is 0 Å². The van der Waals surface area contributed by atoms with Crippen LogP contribution < -0.4 is 0 Å². The number of ether oxygens (including phenoxy) is 1. The third-order valence-electron chi connectivity index (χ3n) is 3.58. The number of carbonyl (C=O) groups excluding carboxylic acids is 1. The van der Waals surface area contributed by atoms with Crippen LogP contribution in [-0.2, 0) is 4.74 Å². The minimum Gasteiger partial charge on any atom is -0.372 e. The molecular weight excluding hydrogens is 266 g/mol. The average molecular weight is 283 g/mol. The van der Waals surface area contributed by atoms with Crippen LogP contribution in [0.3, 0.4) is 0 Å². The summed E-state index contributed by atoms with van der Waals surface area (Å²) in [7, 11) is 0. The van der Waals surface area contributed by atoms with Gasteiger partial charge >= 0.3 is 0 Å². The number of aromatic nitrogens is 2. The number of benzene rings is 1. The summed E-state index contributed by atoms with van der Waals surface area (Å²) in [5, 5.41) is 0. The van der Waals surface area contributed by atoms with Crippen molar-refractivity contribution in [2.75, 3.05) is 19.7 Å². The van der Waals surface area contributed by atoms with Gasteiger partial charge in [0.25, 0.3) is 5.91 Å². The maximum atomic E-state index is 12.4. The Balaban J connectivity index is 1.67. The lowest BCUT2D eigenvalue weighted by Gasteiger charge is -2.19. The standard InChI is InChI=1S/C16H17N3O2/c20-16(14-12-17-7-8-18-14)19-9-6-15(21-11-10-19)13-4-2-1-3-5-13/h1-5,7-8,12,15H,6,9-11H2. The Hall–Kier alpha value is -2.27. The molecule has 1 saturated heterocycles. The van der Waals surface area contributed by atoms with Crippen LogP contribution in [0.2, 0.25) is 0 Å². The Bertz CT molecular complexity index is 589. The van der Waals surface area contributed by atoms with Gasteiger partial charge in [0.2, 0.25) is 0 Å². The number of carbonyl (C=O) groups is 1. The van der Waals surface area contributed by atoms with E-state index in [0.717, 1.165) is 12.0 Å². The normalized spacial score (nSPS) is 19.0. The van der Waals surface area contributed by atoms with Gasteiger partial charge in [-0.05, 0) is 12.0 Å². The second kappa shape index (κ2) is 6.45. The van der Waals surface area contributed by atoms with Crippen LogP contribution in [0.15, 0.2) is 48.9 Å². The van der Waals surface area contributed by atoms with Crippen LogP contribution in [0.4, 0.5) is 0 Å². The zero-order valence-corrected chi connectivity index (χ0v) is 11.7. The Morgan fingerprint density at radius 2 is 2.05 bits per heavy atom. The van der Waals surface area contributed by atoms with Gasteiger partial charge < -0.3 is 9.64 Å². The van der Waals surface area contributed by atoms with E-state index in [0.29, 0.717) is 25.4 Å². The topological polar surface area (TPSA) is 55.3 Å². The lowest BCUT2D eigenvalue weighted by atomic mass is 10.1. The molecule has 2 aromatic rings. The highest BCUT2D eigenvalue weighted by Crippen LogP contribution is 2.23. The molecule has 0 N–H and O–H groups in total. The first-order chi connectivity index (χ1) is 10.3. The van der Waals surface area contributed by atoms with Crippen LogP contribution in [0, 0.1) is 0 Å². The second-order valence-corrected chi connectivity index (χ2v) is 4.94. The number of hydrogen-bond donors (Lipinski definition) is 0. The summed E-state index contributed by atoms with van der Waals surface area (Å²) in [4.78, 5) is 22.2. The Labute approximate surface area is 123 Å². The summed E-state index contributed by atoms with van der Waals surface area (Å²) in [6.07, 6.45) is 5.44. The molecule has 5 nitrogen and oxygen atoms in total. The van der Waals surface area contributed by atoms with Gasteiger partial charge in [0.15, 0.2) is 0 Å². The molecule has 0 saturated carbocycles. The summed E-state index contributed by atoms with van der Waals surface area (Å²) < 4.78 is 5.88. The van der Waals surface area contributed by atoms with E-state index in [9.17, 15) is 4.79 Å². The number of amides is 1. The minimum atomic E-state index is -0.0830. The van der Waals surface area contributed by atoms with E-state index in [1.165, 1.54) is 12.4 Å². The zero-order valence-electron chi connectivity index (χ0n) is 11.7. The number of rotatable bonds is 2. The van der Waals surface area contributed by atoms with Gasteiger partial charge in [0.05, 0.1) is 18.9 Å². The molecule has 1 atom stereocenters. The summed E-state index contributed by atoms with van der Waals surface area (Å²) in [5.41, 5.74) is 1.54. The lowest BCUT2D eigenvalue weighted by molar-refractivity contribution is 0.0583. The van der Waals surface area contributed by atoms with E-state index in [2.05, 4.69) is 22.1 Å². The predicted molar refractivity (Wildman–Crippen MR) is 77.7 cm³/mol. The van der Waals surface area contributed by atoms with Crippen LogP contribution >= 0.6 is 0 Å². The number of hydrogen-bond acceptors (Lipinski definition) is 4. The highest BCUT2D eigenvalue weighted by molar-refractivity contribution is 5.91. The smallest absolute Gasteiger partial charge is 0.274 e. The summed E-state index contributed by atoms with van der Waals surface area (Å²) >= 11 is 0. The molecule has 1 amide bonds. The fourth-order valence-corrected chi connectivity index (χ4v) is 2.48. The van der Waals surface area contributed by atoms with Crippen molar-refractivity contribution >= 4 is 5.91 Å². The monoisotopic (exact) mass is 283 g/mol. The molecule has 1 aliphatic heterocycles. The Morgan fingerprint density at radius 1 is 1.19 bits per heavy atom. The van der Waals surface area contributed by atoms with E-state index in [-0.39, 0.29) is 12.0 Å². The Morgan fingerprint density at radius 3 is 2.81 bits per heavy atom. The first kappa shape index (κ1) is 13.7. The molecule has 5 heteroatoms. The molecule has 0 aliphatic carbocycles. The van der Waals surface area contributed by atoms with Crippen molar-refractivity contribution in [1.82, 2.24) is 14.9 Å². The summed E-state index contributed by atoms with van der Waals surface area (Å²) in [6, 6.07) is 10.1. The van der Waals surface area contributed by atoms with Crippen LogP contribution in [0.25, 0.3) is 0 Å². The van der Waals surface area contributed by atoms with Crippen molar-refractivity contribution in [3.8, 4) is 0 Å². The molecule has 0 radical (unpaired) electrons. The minimum absolute atomic E-state index is 0.0471. The third-order valence-corrected chi connectivity index (χ3v) is 3.58. The van der Waals surface area contributed by atoms with E-state index in [4.69, 9.17) is 4.74 Å². The first-order valence-corrected chi connectivity index (χ1v) is 7.06. The fourth-order valence-electron chi connectivity index (χ4n) is 2.48. The van der Waals surface area contributed by atoms with E-state index < -0.39 is 0 Å². The zero-order chi connectivity index (χ0) is 14.5. The van der Waals surface area contributed by atoms with Gasteiger partial charge in [-0.3, -0.25) is 9.78 Å². The lowest BCUT2D eigenvalue weighted by Crippen LogP contribution is -2.33. The first-order valence-electron chi connectivity index (χ1n) is 7.06. The highest BCUT2D eigenvalue weighted by Gasteiger charge is 2.23. The van der Waals surface area contributed by atoms with Gasteiger partial charge in [0.1, 0.15) is 5.69 Å². The second-order valence-electron chi connectivity index (χ2n) is 4.94. The molecule has 21 heavy (non-hydrogen) atoms. The molecule has 108 valence electrons. The van der Waals surface area contributed by atoms with Gasteiger partial charge in [-0.15, -0.1) is 0 Å².